The highest BCUT2D eigenvalue weighted by Gasteiger charge is 1.97. The second-order valence-corrected chi connectivity index (χ2v) is 2.32. The summed E-state index contributed by atoms with van der Waals surface area (Å²) in [5, 5.41) is 2.99. The molecule has 2 nitrogen and oxygen atoms in total. The van der Waals surface area contributed by atoms with Crippen LogP contribution in [0.2, 0.25) is 0 Å². The molecule has 1 unspecified atom stereocenters. The van der Waals surface area contributed by atoms with Gasteiger partial charge in [0.05, 0.1) is 0 Å². The first-order valence-corrected chi connectivity index (χ1v) is 3.35. The predicted molar refractivity (Wildman–Crippen MR) is 43.1 cm³/mol. The fourth-order valence-corrected chi connectivity index (χ4v) is 0.753. The molecule has 0 fully saturated rings. The lowest BCUT2D eigenvalue weighted by molar-refractivity contribution is 0.874. The molecule has 0 aromatic heterocycles. The largest absolute Gasteiger partial charge is 0.367 e. The average molecular weight is 136 g/mol. The zero-order chi connectivity index (χ0) is 7.40. The van der Waals surface area contributed by atoms with Crippen LogP contribution in [0.25, 0.3) is 0 Å². The molecule has 0 saturated carbocycles. The van der Waals surface area contributed by atoms with Crippen LogP contribution in [0.15, 0.2) is 36.2 Å². The van der Waals surface area contributed by atoms with Crippen molar-refractivity contribution >= 4 is 0 Å². The molecule has 0 bridgehead atoms. The van der Waals surface area contributed by atoms with Crippen molar-refractivity contribution in [3.63, 3.8) is 0 Å². The minimum absolute atomic E-state index is 0.101. The van der Waals surface area contributed by atoms with Crippen molar-refractivity contribution in [2.75, 3.05) is 0 Å². The number of allylic oxidation sites excluding steroid dienone is 2. The summed E-state index contributed by atoms with van der Waals surface area (Å²) < 4.78 is 0. The van der Waals surface area contributed by atoms with Gasteiger partial charge in [-0.25, -0.2) is 0 Å². The first-order chi connectivity index (χ1) is 4.80. The summed E-state index contributed by atoms with van der Waals surface area (Å²) in [6.45, 7) is 1.96. The molecule has 1 aliphatic rings. The highest BCUT2D eigenvalue weighted by atomic mass is 14.8. The lowest BCUT2D eigenvalue weighted by atomic mass is 10.1. The van der Waals surface area contributed by atoms with E-state index in [9.17, 15) is 0 Å². The van der Waals surface area contributed by atoms with Crippen LogP contribution in [0.4, 0.5) is 0 Å². The monoisotopic (exact) mass is 136 g/mol. The lowest BCUT2D eigenvalue weighted by Gasteiger charge is -2.04. The van der Waals surface area contributed by atoms with E-state index in [4.69, 9.17) is 5.73 Å². The second-order valence-electron chi connectivity index (χ2n) is 2.32. The van der Waals surface area contributed by atoms with Gasteiger partial charge >= 0.3 is 0 Å². The Kier molecular flexibility index (Phi) is 2.29. The van der Waals surface area contributed by atoms with E-state index in [0.717, 1.165) is 5.57 Å². The van der Waals surface area contributed by atoms with E-state index >= 15 is 0 Å². The molecule has 0 aliphatic carbocycles. The normalized spacial score (nSPS) is 19.2. The van der Waals surface area contributed by atoms with Crippen molar-refractivity contribution in [2.24, 2.45) is 5.73 Å². The Morgan fingerprint density at radius 2 is 2.30 bits per heavy atom. The Morgan fingerprint density at radius 1 is 1.50 bits per heavy atom. The smallest absolute Gasteiger partial charge is 0.0280 e. The number of nitrogens with one attached hydrogen (secondary N) is 1. The molecule has 1 atom stereocenters. The Labute approximate surface area is 61.1 Å². The van der Waals surface area contributed by atoms with Crippen molar-refractivity contribution in [3.05, 3.63) is 36.2 Å². The summed E-state index contributed by atoms with van der Waals surface area (Å²) in [6, 6.07) is 0.101. The molecule has 10 heavy (non-hydrogen) atoms. The zero-order valence-electron chi connectivity index (χ0n) is 6.04. The molecule has 1 aliphatic heterocycles. The average Bonchev–Trinajstić information content (AvgIpc) is 2.12. The molecule has 0 radical (unpaired) electrons. The molecule has 0 amide bonds. The van der Waals surface area contributed by atoms with Crippen LogP contribution in [-0.4, -0.2) is 6.04 Å². The lowest BCUT2D eigenvalue weighted by Crippen LogP contribution is -2.17. The topological polar surface area (TPSA) is 38.0 Å². The van der Waals surface area contributed by atoms with Crippen LogP contribution in [0.3, 0.4) is 0 Å². The summed E-state index contributed by atoms with van der Waals surface area (Å²) in [5.41, 5.74) is 6.76. The fourth-order valence-electron chi connectivity index (χ4n) is 0.753. The van der Waals surface area contributed by atoms with Crippen molar-refractivity contribution in [1.82, 2.24) is 5.32 Å². The maximum atomic E-state index is 5.65. The predicted octanol–water partition coefficient (Wildman–Crippen LogP) is 0.891. The standard InChI is InChI=1S/C8H12N2/c1-7(9)8-4-2-3-5-10-6-8/h2-7,10H,9H2,1H3. The van der Waals surface area contributed by atoms with Crippen LogP contribution in [-0.2, 0) is 0 Å². The van der Waals surface area contributed by atoms with Crippen LogP contribution in [0.1, 0.15) is 6.92 Å². The molecule has 3 N–H and O–H groups in total. The van der Waals surface area contributed by atoms with Gasteiger partial charge in [0.1, 0.15) is 0 Å². The van der Waals surface area contributed by atoms with E-state index in [1.54, 1.807) is 0 Å². The van der Waals surface area contributed by atoms with Crippen molar-refractivity contribution in [1.29, 1.82) is 0 Å². The third-order valence-electron chi connectivity index (χ3n) is 1.37. The number of rotatable bonds is 1. The van der Waals surface area contributed by atoms with E-state index in [1.807, 2.05) is 37.6 Å². The van der Waals surface area contributed by atoms with Gasteiger partial charge in [-0.3, -0.25) is 0 Å². The second kappa shape index (κ2) is 3.22. The molecular formula is C8H12N2. The van der Waals surface area contributed by atoms with Crippen LogP contribution >= 0.6 is 0 Å². The molecular weight excluding hydrogens is 124 g/mol. The van der Waals surface area contributed by atoms with Crippen molar-refractivity contribution < 1.29 is 0 Å². The summed E-state index contributed by atoms with van der Waals surface area (Å²) in [7, 11) is 0. The third kappa shape index (κ3) is 1.74. The minimum Gasteiger partial charge on any atom is -0.367 e. The van der Waals surface area contributed by atoms with E-state index in [-0.39, 0.29) is 6.04 Å². The number of hydrogen-bond donors (Lipinski definition) is 2. The molecule has 0 aromatic carbocycles. The zero-order valence-corrected chi connectivity index (χ0v) is 6.04. The van der Waals surface area contributed by atoms with Gasteiger partial charge in [-0.05, 0) is 18.6 Å². The Hall–Kier alpha value is -1.02. The molecule has 0 spiro atoms. The third-order valence-corrected chi connectivity index (χ3v) is 1.37. The minimum atomic E-state index is 0.101. The molecule has 54 valence electrons. The summed E-state index contributed by atoms with van der Waals surface area (Å²) in [4.78, 5) is 0. The maximum Gasteiger partial charge on any atom is 0.0280 e. The van der Waals surface area contributed by atoms with E-state index < -0.39 is 0 Å². The molecule has 0 aromatic rings. The SMILES string of the molecule is CC(N)C1=CNC=CC=C1. The van der Waals surface area contributed by atoms with Gasteiger partial charge in [0, 0.05) is 18.4 Å². The van der Waals surface area contributed by atoms with Gasteiger partial charge in [-0.15, -0.1) is 0 Å². The van der Waals surface area contributed by atoms with Gasteiger partial charge in [0.15, 0.2) is 0 Å². The Bertz CT molecular complexity index is 187. The molecule has 1 heterocycles. The maximum absolute atomic E-state index is 5.65. The number of hydrogen-bond acceptors (Lipinski definition) is 2. The highest BCUT2D eigenvalue weighted by Crippen LogP contribution is 2.02. The van der Waals surface area contributed by atoms with Crippen LogP contribution in [0.5, 0.6) is 0 Å². The first-order valence-electron chi connectivity index (χ1n) is 3.35. The van der Waals surface area contributed by atoms with Gasteiger partial charge < -0.3 is 11.1 Å². The van der Waals surface area contributed by atoms with E-state index in [2.05, 4.69) is 5.32 Å². The summed E-state index contributed by atoms with van der Waals surface area (Å²) in [5.74, 6) is 0. The quantitative estimate of drug-likeness (QED) is 0.562. The van der Waals surface area contributed by atoms with E-state index in [0.29, 0.717) is 0 Å². The van der Waals surface area contributed by atoms with Crippen LogP contribution in [0, 0.1) is 0 Å². The molecule has 1 rings (SSSR count). The Morgan fingerprint density at radius 3 is 3.00 bits per heavy atom. The van der Waals surface area contributed by atoms with Crippen molar-refractivity contribution in [3.8, 4) is 0 Å². The first kappa shape index (κ1) is 7.09. The molecule has 2 heteroatoms. The van der Waals surface area contributed by atoms with E-state index in [1.165, 1.54) is 0 Å². The number of nitrogens with two attached hydrogens (primary N) is 1. The van der Waals surface area contributed by atoms with Crippen LogP contribution < -0.4 is 11.1 Å². The summed E-state index contributed by atoms with van der Waals surface area (Å²) >= 11 is 0. The van der Waals surface area contributed by atoms with Gasteiger partial charge in [-0.2, -0.15) is 0 Å². The van der Waals surface area contributed by atoms with Crippen molar-refractivity contribution in [2.45, 2.75) is 13.0 Å². The molecule has 0 saturated heterocycles. The van der Waals surface area contributed by atoms with Gasteiger partial charge in [0.2, 0.25) is 0 Å². The highest BCUT2D eigenvalue weighted by molar-refractivity contribution is 5.28. The summed E-state index contributed by atoms with van der Waals surface area (Å²) in [6.07, 6.45) is 9.68. The fraction of sp³-hybridized carbons (Fsp3) is 0.250. The Balaban J connectivity index is 2.69. The van der Waals surface area contributed by atoms with Gasteiger partial charge in [-0.1, -0.05) is 12.2 Å². The van der Waals surface area contributed by atoms with Gasteiger partial charge in [0.25, 0.3) is 0 Å².